The van der Waals surface area contributed by atoms with Gasteiger partial charge in [0.25, 0.3) is 0 Å². The number of aromatic nitrogens is 1. The number of aryl methyl sites for hydroxylation is 1. The average molecular weight is 174 g/mol. The summed E-state index contributed by atoms with van der Waals surface area (Å²) >= 11 is 1.72. The lowest BCUT2D eigenvalue weighted by atomic mass is 10.2. The quantitative estimate of drug-likeness (QED) is 0.647. The molecule has 1 aromatic carbocycles. The zero-order valence-electron chi connectivity index (χ0n) is 6.74. The number of hydrogen-bond donors (Lipinski definition) is 0. The van der Waals surface area contributed by atoms with E-state index in [0.29, 0.717) is 0 Å². The molecule has 2 aromatic rings. The van der Waals surface area contributed by atoms with E-state index in [9.17, 15) is 0 Å². The molecule has 0 aliphatic carbocycles. The molecule has 1 heterocycles. The smallest absolute Gasteiger partial charge is 0.123 e. The Hall–Kier alpha value is -1.15. The van der Waals surface area contributed by atoms with Gasteiger partial charge in [0.2, 0.25) is 0 Å². The van der Waals surface area contributed by atoms with Crippen molar-refractivity contribution >= 4 is 11.3 Å². The molecular weight excluding hydrogens is 166 g/mol. The van der Waals surface area contributed by atoms with Crippen molar-refractivity contribution in [3.8, 4) is 10.6 Å². The highest BCUT2D eigenvalue weighted by Crippen LogP contribution is 2.23. The molecule has 0 N–H and O–H groups in total. The Morgan fingerprint density at radius 2 is 2.08 bits per heavy atom. The summed E-state index contributed by atoms with van der Waals surface area (Å²) in [6.45, 7) is 2.07. The van der Waals surface area contributed by atoms with Crippen molar-refractivity contribution in [2.75, 3.05) is 0 Å². The second-order valence-electron chi connectivity index (χ2n) is 2.56. The Labute approximate surface area is 75.7 Å². The molecule has 0 fully saturated rings. The van der Waals surface area contributed by atoms with E-state index in [2.05, 4.69) is 18.0 Å². The first-order valence-electron chi connectivity index (χ1n) is 3.75. The zero-order valence-corrected chi connectivity index (χ0v) is 7.56. The molecule has 1 aromatic heterocycles. The summed E-state index contributed by atoms with van der Waals surface area (Å²) < 4.78 is 0. The van der Waals surface area contributed by atoms with Crippen LogP contribution in [0.5, 0.6) is 0 Å². The van der Waals surface area contributed by atoms with Crippen molar-refractivity contribution in [1.29, 1.82) is 0 Å². The number of rotatable bonds is 1. The normalized spacial score (nSPS) is 10.1. The average Bonchev–Trinajstić information content (AvgIpc) is 2.54. The highest BCUT2D eigenvalue weighted by atomic mass is 32.1. The van der Waals surface area contributed by atoms with Crippen LogP contribution >= 0.6 is 11.3 Å². The summed E-state index contributed by atoms with van der Waals surface area (Å²) in [6, 6.07) is 10.9. The number of nitrogens with zero attached hydrogens (tertiary/aromatic N) is 1. The molecule has 2 rings (SSSR count). The number of hydrogen-bond acceptors (Lipinski definition) is 2. The second kappa shape index (κ2) is 3.07. The minimum atomic E-state index is 1.08. The summed E-state index contributed by atoms with van der Waals surface area (Å²) in [7, 11) is 0. The van der Waals surface area contributed by atoms with Crippen molar-refractivity contribution in [2.24, 2.45) is 0 Å². The van der Waals surface area contributed by atoms with Gasteiger partial charge in [-0.15, -0.1) is 11.3 Å². The van der Waals surface area contributed by atoms with E-state index in [-0.39, 0.29) is 0 Å². The van der Waals surface area contributed by atoms with E-state index in [4.69, 9.17) is 0 Å². The van der Waals surface area contributed by atoms with Gasteiger partial charge in [-0.1, -0.05) is 24.3 Å². The van der Waals surface area contributed by atoms with Crippen LogP contribution in [0.1, 0.15) is 4.88 Å². The summed E-state index contributed by atoms with van der Waals surface area (Å²) in [5.41, 5.74) is 1.17. The lowest BCUT2D eigenvalue weighted by molar-refractivity contribution is 1.38. The predicted molar refractivity (Wildman–Crippen MR) is 51.1 cm³/mol. The summed E-state index contributed by atoms with van der Waals surface area (Å²) in [5, 5.41) is 1.08. The second-order valence-corrected chi connectivity index (χ2v) is 3.80. The van der Waals surface area contributed by atoms with Crippen molar-refractivity contribution < 1.29 is 0 Å². The van der Waals surface area contributed by atoms with Crippen LogP contribution in [-0.4, -0.2) is 4.98 Å². The summed E-state index contributed by atoms with van der Waals surface area (Å²) in [4.78, 5) is 5.54. The van der Waals surface area contributed by atoms with Crippen molar-refractivity contribution in [2.45, 2.75) is 6.92 Å². The van der Waals surface area contributed by atoms with Crippen molar-refractivity contribution in [1.82, 2.24) is 4.98 Å². The monoisotopic (exact) mass is 174 g/mol. The van der Waals surface area contributed by atoms with E-state index in [1.54, 1.807) is 11.3 Å². The molecule has 1 nitrogen and oxygen atoms in total. The first-order valence-corrected chi connectivity index (χ1v) is 4.57. The van der Waals surface area contributed by atoms with Crippen LogP contribution in [0.4, 0.5) is 0 Å². The fraction of sp³-hybridized carbons (Fsp3) is 0.100. The highest BCUT2D eigenvalue weighted by Gasteiger charge is 1.99. The molecule has 0 atom stereocenters. The van der Waals surface area contributed by atoms with Gasteiger partial charge < -0.3 is 0 Å². The van der Waals surface area contributed by atoms with Crippen LogP contribution in [0.2, 0.25) is 0 Å². The first kappa shape index (κ1) is 7.50. The van der Waals surface area contributed by atoms with E-state index < -0.39 is 0 Å². The molecule has 0 bridgehead atoms. The summed E-state index contributed by atoms with van der Waals surface area (Å²) in [5.74, 6) is 0. The minimum absolute atomic E-state index is 1.08. The molecule has 0 aliphatic heterocycles. The molecule has 2 heteroatoms. The third-order valence-electron chi connectivity index (χ3n) is 1.59. The first-order chi connectivity index (χ1) is 5.86. The van der Waals surface area contributed by atoms with Crippen molar-refractivity contribution in [3.05, 3.63) is 41.4 Å². The fourth-order valence-corrected chi connectivity index (χ4v) is 1.79. The Kier molecular flexibility index (Phi) is 1.92. The van der Waals surface area contributed by atoms with Crippen molar-refractivity contribution in [3.63, 3.8) is 0 Å². The van der Waals surface area contributed by atoms with Crippen LogP contribution in [0.15, 0.2) is 30.5 Å². The van der Waals surface area contributed by atoms with Crippen LogP contribution in [-0.2, 0) is 0 Å². The highest BCUT2D eigenvalue weighted by molar-refractivity contribution is 7.14. The van der Waals surface area contributed by atoms with Crippen LogP contribution in [0.3, 0.4) is 0 Å². The van der Waals surface area contributed by atoms with Gasteiger partial charge in [0.05, 0.1) is 0 Å². The van der Waals surface area contributed by atoms with Gasteiger partial charge in [0.1, 0.15) is 5.01 Å². The van der Waals surface area contributed by atoms with E-state index in [0.717, 1.165) is 5.01 Å². The molecular formula is C10H8NS. The molecule has 0 saturated carbocycles. The molecule has 59 valence electrons. The number of thiazole rings is 1. The van der Waals surface area contributed by atoms with Crippen LogP contribution in [0, 0.1) is 13.0 Å². The maximum atomic E-state index is 4.29. The molecule has 1 radical (unpaired) electrons. The molecule has 12 heavy (non-hydrogen) atoms. The minimum Gasteiger partial charge on any atom is -0.244 e. The van der Waals surface area contributed by atoms with Gasteiger partial charge in [-0.05, 0) is 13.0 Å². The lowest BCUT2D eigenvalue weighted by Gasteiger charge is -1.91. The number of benzene rings is 1. The maximum absolute atomic E-state index is 4.29. The van der Waals surface area contributed by atoms with Gasteiger partial charge in [0, 0.05) is 16.6 Å². The van der Waals surface area contributed by atoms with E-state index >= 15 is 0 Å². The topological polar surface area (TPSA) is 12.9 Å². The molecule has 0 unspecified atom stereocenters. The summed E-state index contributed by atoms with van der Waals surface area (Å²) in [6.07, 6.45) is 1.90. The molecule has 0 aliphatic rings. The third-order valence-corrected chi connectivity index (χ3v) is 2.55. The Morgan fingerprint density at radius 1 is 1.33 bits per heavy atom. The Bertz CT molecular complexity index is 364. The largest absolute Gasteiger partial charge is 0.244 e. The molecule has 0 saturated heterocycles. The lowest BCUT2D eigenvalue weighted by Crippen LogP contribution is -1.71. The van der Waals surface area contributed by atoms with Crippen LogP contribution in [0.25, 0.3) is 10.6 Å². The van der Waals surface area contributed by atoms with Crippen LogP contribution < -0.4 is 0 Å². The molecule has 0 amide bonds. The Morgan fingerprint density at radius 3 is 2.67 bits per heavy atom. The van der Waals surface area contributed by atoms with E-state index in [1.807, 2.05) is 30.5 Å². The molecule has 0 spiro atoms. The van der Waals surface area contributed by atoms with Gasteiger partial charge in [-0.25, -0.2) is 4.98 Å². The van der Waals surface area contributed by atoms with Gasteiger partial charge in [0.15, 0.2) is 0 Å². The zero-order chi connectivity index (χ0) is 8.39. The SMILES string of the molecule is Cc1cnc(-c2cc[c]cc2)s1. The fourth-order valence-electron chi connectivity index (χ4n) is 1.02. The van der Waals surface area contributed by atoms with Gasteiger partial charge in [-0.2, -0.15) is 0 Å². The Balaban J connectivity index is 2.45. The predicted octanol–water partition coefficient (Wildman–Crippen LogP) is 2.92. The standard InChI is InChI=1S/C10H8NS/c1-8-7-11-10(12-8)9-5-3-2-4-6-9/h3-7H,1H3. The maximum Gasteiger partial charge on any atom is 0.123 e. The van der Waals surface area contributed by atoms with Gasteiger partial charge in [-0.3, -0.25) is 0 Å². The van der Waals surface area contributed by atoms with Gasteiger partial charge >= 0.3 is 0 Å². The van der Waals surface area contributed by atoms with E-state index in [1.165, 1.54) is 10.4 Å². The third kappa shape index (κ3) is 1.38.